The van der Waals surface area contributed by atoms with Gasteiger partial charge in [-0.15, -0.1) is 0 Å². The highest BCUT2D eigenvalue weighted by molar-refractivity contribution is 6.31. The Morgan fingerprint density at radius 1 is 0.569 bits per heavy atom. The summed E-state index contributed by atoms with van der Waals surface area (Å²) in [5.41, 5.74) is 23.8. The Labute approximate surface area is 400 Å². The number of halogens is 2. The first-order chi connectivity index (χ1) is 30.4. The average Bonchev–Trinajstić information content (AvgIpc) is 3.79. The van der Waals surface area contributed by atoms with Crippen molar-refractivity contribution in [2.75, 3.05) is 0 Å². The van der Waals surface area contributed by atoms with Crippen molar-refractivity contribution in [3.05, 3.63) is 200 Å². The fourth-order valence-corrected chi connectivity index (χ4v) is 11.4. The summed E-state index contributed by atoms with van der Waals surface area (Å²) in [4.78, 5) is 0. The largest absolute Gasteiger partial charge is 0.0843 e. The van der Waals surface area contributed by atoms with Crippen molar-refractivity contribution in [3.63, 3.8) is 0 Å². The van der Waals surface area contributed by atoms with Crippen LogP contribution >= 0.6 is 23.2 Å². The van der Waals surface area contributed by atoms with Gasteiger partial charge in [0, 0.05) is 16.0 Å². The first kappa shape index (κ1) is 46.6. The highest BCUT2D eigenvalue weighted by Gasteiger charge is 2.36. The van der Waals surface area contributed by atoms with Crippen LogP contribution in [-0.4, -0.2) is 0 Å². The zero-order chi connectivity index (χ0) is 47.2. The lowest BCUT2D eigenvalue weighted by Crippen LogP contribution is -2.30. The minimum Gasteiger partial charge on any atom is -0.0843 e. The number of rotatable bonds is 6. The van der Waals surface area contributed by atoms with Crippen LogP contribution in [0, 0.1) is 63.3 Å². The standard InChI is InChI=1S/C63H67Cl2/c1-17-41-30-45(61(8,9)10)33-48(41)56-51-32-44-31-50(53-37(4)26-35(2)27-38(53)5)52(62(11,12)13)34-49(44)57(51)59(55(42-18-22-46(64)23-19-42)43-20-24-47(65)25-21-43)60(63(14,15)16)58(56)54-39(6)28-36(3)29-40(54)7/h18-31,33-34,41H,17H2,1-16H3. The van der Waals surface area contributed by atoms with Gasteiger partial charge in [0.25, 0.3) is 0 Å². The molecule has 2 aliphatic carbocycles. The number of allylic oxidation sites excluding steroid dienone is 4. The topological polar surface area (TPSA) is 0 Å². The van der Waals surface area contributed by atoms with Gasteiger partial charge in [-0.05, 0) is 222 Å². The van der Waals surface area contributed by atoms with E-state index in [-0.39, 0.29) is 22.2 Å². The third-order valence-corrected chi connectivity index (χ3v) is 14.3. The Kier molecular flexibility index (Phi) is 12.0. The average molecular weight is 895 g/mol. The SMILES string of the molecule is CCC1C=C(C(C)(C)C)C=C1c1c(-c2c(C)cc(C)cc2C)c(C(C)(C)C)c(=C(c2ccc(Cl)cc2)c2ccc(Cl)cc2)c2c1[C]=c1cc(-c3c(C)cc(C)cc3C)c(C(C)(C)C)cc1=2. The molecule has 0 aromatic heterocycles. The van der Waals surface area contributed by atoms with E-state index in [1.165, 1.54) is 105 Å². The highest BCUT2D eigenvalue weighted by atomic mass is 35.5. The molecule has 0 saturated carbocycles. The van der Waals surface area contributed by atoms with Gasteiger partial charge in [0.15, 0.2) is 0 Å². The third kappa shape index (κ3) is 8.45. The van der Waals surface area contributed by atoms with E-state index in [1.54, 1.807) is 0 Å². The summed E-state index contributed by atoms with van der Waals surface area (Å²) in [5.74, 6) is 0.247. The Morgan fingerprint density at radius 3 is 1.51 bits per heavy atom. The molecule has 0 nitrogen and oxygen atoms in total. The molecular weight excluding hydrogens is 828 g/mol. The first-order valence-corrected chi connectivity index (χ1v) is 24.3. The van der Waals surface area contributed by atoms with Gasteiger partial charge < -0.3 is 0 Å². The fraction of sp³-hybridized carbons (Fsp3) is 0.333. The van der Waals surface area contributed by atoms with Crippen molar-refractivity contribution in [3.8, 4) is 22.3 Å². The summed E-state index contributed by atoms with van der Waals surface area (Å²) in [6.07, 6.45) is 10.4. The molecule has 0 saturated heterocycles. The number of fused-ring (bicyclic) bond motifs is 2. The van der Waals surface area contributed by atoms with Gasteiger partial charge in [-0.25, -0.2) is 0 Å². The normalized spacial score (nSPS) is 14.8. The molecule has 0 amide bonds. The highest BCUT2D eigenvalue weighted by Crippen LogP contribution is 2.50. The second-order valence-electron chi connectivity index (χ2n) is 22.2. The Bertz CT molecular complexity index is 3130. The molecule has 1 atom stereocenters. The first-order valence-electron chi connectivity index (χ1n) is 23.6. The molecular formula is C63H67Cl2. The number of hydrogen-bond donors (Lipinski definition) is 0. The van der Waals surface area contributed by atoms with Gasteiger partial charge in [0.05, 0.1) is 0 Å². The van der Waals surface area contributed by atoms with Crippen molar-refractivity contribution in [1.82, 2.24) is 0 Å². The summed E-state index contributed by atoms with van der Waals surface area (Å²) < 4.78 is 0. The van der Waals surface area contributed by atoms with Crippen molar-refractivity contribution in [2.24, 2.45) is 11.3 Å². The van der Waals surface area contributed by atoms with Crippen LogP contribution in [0.4, 0.5) is 0 Å². The van der Waals surface area contributed by atoms with E-state index in [9.17, 15) is 0 Å². The molecule has 1 radical (unpaired) electrons. The van der Waals surface area contributed by atoms with E-state index in [1.807, 2.05) is 24.3 Å². The predicted octanol–water partition coefficient (Wildman–Crippen LogP) is 16.7. The van der Waals surface area contributed by atoms with Crippen molar-refractivity contribution in [1.29, 1.82) is 0 Å². The summed E-state index contributed by atoms with van der Waals surface area (Å²) in [6, 6.07) is 31.4. The Balaban J connectivity index is 1.79. The van der Waals surface area contributed by atoms with Gasteiger partial charge >= 0.3 is 0 Å². The van der Waals surface area contributed by atoms with E-state index in [2.05, 4.69) is 190 Å². The summed E-state index contributed by atoms with van der Waals surface area (Å²) in [7, 11) is 0. The molecule has 65 heavy (non-hydrogen) atoms. The maximum absolute atomic E-state index is 6.72. The molecule has 2 aliphatic rings. The van der Waals surface area contributed by atoms with Gasteiger partial charge in [-0.1, -0.05) is 164 Å². The van der Waals surface area contributed by atoms with Gasteiger partial charge in [0.2, 0.25) is 0 Å². The van der Waals surface area contributed by atoms with Crippen LogP contribution < -0.4 is 10.4 Å². The van der Waals surface area contributed by atoms with Crippen molar-refractivity contribution in [2.45, 2.75) is 128 Å². The lowest BCUT2D eigenvalue weighted by molar-refractivity contribution is 0.516. The summed E-state index contributed by atoms with van der Waals surface area (Å²) >= 11 is 13.4. The molecule has 0 fully saturated rings. The molecule has 333 valence electrons. The van der Waals surface area contributed by atoms with Crippen LogP contribution in [0.25, 0.3) is 39.5 Å². The van der Waals surface area contributed by atoms with Crippen molar-refractivity contribution >= 4 is 40.4 Å². The lowest BCUT2D eigenvalue weighted by atomic mass is 9.71. The van der Waals surface area contributed by atoms with E-state index in [0.29, 0.717) is 10.0 Å². The fourth-order valence-electron chi connectivity index (χ4n) is 11.1. The Morgan fingerprint density at radius 2 is 1.06 bits per heavy atom. The minimum absolute atomic E-state index is 0.0121. The second-order valence-corrected chi connectivity index (χ2v) is 23.1. The minimum atomic E-state index is -0.324. The van der Waals surface area contributed by atoms with E-state index in [4.69, 9.17) is 23.2 Å². The predicted molar refractivity (Wildman–Crippen MR) is 283 cm³/mol. The van der Waals surface area contributed by atoms with Crippen LogP contribution in [0.5, 0.6) is 0 Å². The smallest absolute Gasteiger partial charge is 0.0406 e. The molecule has 1 unspecified atom stereocenters. The molecule has 0 heterocycles. The van der Waals surface area contributed by atoms with E-state index >= 15 is 0 Å². The number of aryl methyl sites for hydroxylation is 6. The molecule has 2 heteroatoms. The maximum atomic E-state index is 6.72. The molecule has 0 bridgehead atoms. The van der Waals surface area contributed by atoms with Gasteiger partial charge in [0.1, 0.15) is 0 Å². The molecule has 6 aromatic rings. The molecule has 0 spiro atoms. The van der Waals surface area contributed by atoms with Gasteiger partial charge in [-0.3, -0.25) is 0 Å². The summed E-state index contributed by atoms with van der Waals surface area (Å²) in [6.45, 7) is 37.4. The molecule has 8 rings (SSSR count). The lowest BCUT2D eigenvalue weighted by Gasteiger charge is -2.32. The number of benzene rings is 6. The summed E-state index contributed by atoms with van der Waals surface area (Å²) in [5, 5.41) is 6.29. The van der Waals surface area contributed by atoms with Crippen LogP contribution in [-0.2, 0) is 10.8 Å². The zero-order valence-electron chi connectivity index (χ0n) is 41.8. The number of hydrogen-bond acceptors (Lipinski definition) is 0. The molecule has 6 aromatic carbocycles. The van der Waals surface area contributed by atoms with Crippen LogP contribution in [0.15, 0.2) is 103 Å². The van der Waals surface area contributed by atoms with Crippen LogP contribution in [0.2, 0.25) is 10.0 Å². The monoisotopic (exact) mass is 893 g/mol. The van der Waals surface area contributed by atoms with E-state index in [0.717, 1.165) is 28.3 Å². The quantitative estimate of drug-likeness (QED) is 0.156. The zero-order valence-corrected chi connectivity index (χ0v) is 43.3. The Hall–Kier alpha value is -4.88. The molecule has 0 aliphatic heterocycles. The molecule has 0 N–H and O–H groups in total. The maximum Gasteiger partial charge on any atom is 0.0406 e. The van der Waals surface area contributed by atoms with Crippen molar-refractivity contribution < 1.29 is 0 Å². The van der Waals surface area contributed by atoms with E-state index < -0.39 is 0 Å². The second kappa shape index (κ2) is 16.8. The third-order valence-electron chi connectivity index (χ3n) is 13.8. The van der Waals surface area contributed by atoms with Crippen LogP contribution in [0.1, 0.15) is 142 Å². The van der Waals surface area contributed by atoms with Gasteiger partial charge in [-0.2, -0.15) is 0 Å². The van der Waals surface area contributed by atoms with Crippen LogP contribution in [0.3, 0.4) is 0 Å².